The Labute approximate surface area is 192 Å². The Morgan fingerprint density at radius 1 is 0.900 bits per heavy atom. The van der Waals surface area contributed by atoms with Gasteiger partial charge in [-0.05, 0) is 40.2 Å². The largest absolute Gasteiger partial charge is 0.441 e. The molecule has 0 saturated heterocycles. The zero-order valence-corrected chi connectivity index (χ0v) is 21.2. The third-order valence-electron chi connectivity index (χ3n) is 4.37. The van der Waals surface area contributed by atoms with Crippen LogP contribution >= 0.6 is 0 Å². The molecule has 1 radical (unpaired) electrons. The molecule has 0 aliphatic heterocycles. The molecule has 4 heterocycles. The Morgan fingerprint density at radius 3 is 2.23 bits per heavy atom. The summed E-state index contributed by atoms with van der Waals surface area (Å²) >= 11 is 0. The van der Waals surface area contributed by atoms with Crippen molar-refractivity contribution in [1.29, 1.82) is 0 Å². The normalized spacial score (nSPS) is 10.6. The quantitative estimate of drug-likeness (QED) is 0.264. The molecule has 0 unspecified atom stereocenters. The Kier molecular flexibility index (Phi) is 8.35. The zero-order chi connectivity index (χ0) is 20.9. The number of pyridine rings is 3. The van der Waals surface area contributed by atoms with E-state index in [0.717, 1.165) is 28.3 Å². The van der Waals surface area contributed by atoms with Crippen LogP contribution in [0.15, 0.2) is 61.2 Å². The summed E-state index contributed by atoms with van der Waals surface area (Å²) < 4.78 is 0. The molecular weight excluding hydrogens is 567 g/mol. The predicted octanol–water partition coefficient (Wildman–Crippen LogP) is 4.20. The van der Waals surface area contributed by atoms with E-state index in [-0.39, 0.29) is 20.1 Å². The van der Waals surface area contributed by atoms with Gasteiger partial charge < -0.3 is 19.9 Å². The molecule has 4 aromatic heterocycles. The maximum atomic E-state index is 4.57. The van der Waals surface area contributed by atoms with E-state index < -0.39 is 8.07 Å². The molecule has 5 nitrogen and oxygen atoms in total. The maximum Gasteiger partial charge on any atom is 0.0795 e. The van der Waals surface area contributed by atoms with E-state index in [1.807, 2.05) is 44.3 Å². The van der Waals surface area contributed by atoms with Crippen molar-refractivity contribution in [3.8, 4) is 22.8 Å². The van der Waals surface area contributed by atoms with E-state index in [9.17, 15) is 0 Å². The van der Waals surface area contributed by atoms with Crippen LogP contribution in [-0.4, -0.2) is 28.0 Å². The summed E-state index contributed by atoms with van der Waals surface area (Å²) in [6, 6.07) is 15.1. The predicted molar refractivity (Wildman–Crippen MR) is 120 cm³/mol. The van der Waals surface area contributed by atoms with Gasteiger partial charge in [0.1, 0.15) is 0 Å². The summed E-state index contributed by atoms with van der Waals surface area (Å²) in [7, 11) is -1.27. The first-order valence-corrected chi connectivity index (χ1v) is 13.0. The van der Waals surface area contributed by atoms with Crippen molar-refractivity contribution in [2.45, 2.75) is 33.5 Å². The molecule has 30 heavy (non-hydrogen) atoms. The van der Waals surface area contributed by atoms with Gasteiger partial charge in [0.25, 0.3) is 0 Å². The number of hydrogen-bond acceptors (Lipinski definition) is 4. The second-order valence-corrected chi connectivity index (χ2v) is 12.9. The topological polar surface area (TPSA) is 65.7 Å². The molecule has 4 rings (SSSR count). The van der Waals surface area contributed by atoms with Crippen LogP contribution in [0.25, 0.3) is 22.8 Å². The van der Waals surface area contributed by atoms with E-state index >= 15 is 0 Å². The minimum absolute atomic E-state index is 0. The van der Waals surface area contributed by atoms with Crippen molar-refractivity contribution >= 4 is 13.3 Å². The van der Waals surface area contributed by atoms with Crippen LogP contribution in [0.3, 0.4) is 0 Å². The molecule has 0 bridgehead atoms. The summed E-state index contributed by atoms with van der Waals surface area (Å²) in [6.07, 6.45) is 7.05. The third kappa shape index (κ3) is 6.26. The molecule has 157 valence electrons. The SMILES string of the molecule is Cc1c[c-]c(-c2ccc([Si](C)(C)C)cn2)c(C)n1.[Ir].c1ccc(-c2ncc[n-]2)nc1. The monoisotopic (exact) mass is 592 g/mol. The Hall–Kier alpha value is -2.47. The molecule has 0 aliphatic rings. The third-order valence-corrected chi connectivity index (χ3v) is 6.40. The van der Waals surface area contributed by atoms with Crippen molar-refractivity contribution < 1.29 is 20.1 Å². The number of nitrogens with zero attached hydrogens (tertiary/aromatic N) is 5. The number of rotatable bonds is 3. The van der Waals surface area contributed by atoms with Crippen LogP contribution in [0.5, 0.6) is 0 Å². The van der Waals surface area contributed by atoms with Crippen LogP contribution in [0, 0.1) is 19.9 Å². The van der Waals surface area contributed by atoms with E-state index in [2.05, 4.69) is 62.8 Å². The summed E-state index contributed by atoms with van der Waals surface area (Å²) in [6.45, 7) is 11.0. The molecule has 4 aromatic rings. The Morgan fingerprint density at radius 2 is 1.70 bits per heavy atom. The minimum Gasteiger partial charge on any atom is -0.441 e. The van der Waals surface area contributed by atoms with Gasteiger partial charge in [-0.1, -0.05) is 64.1 Å². The number of aryl methyl sites for hydroxylation is 2. The van der Waals surface area contributed by atoms with Crippen LogP contribution in [-0.2, 0) is 20.1 Å². The Bertz CT molecular complexity index is 1040. The van der Waals surface area contributed by atoms with Crippen molar-refractivity contribution in [3.05, 3.63) is 78.6 Å². The van der Waals surface area contributed by atoms with Gasteiger partial charge >= 0.3 is 0 Å². The summed E-state index contributed by atoms with van der Waals surface area (Å²) in [5, 5.41) is 1.38. The maximum absolute atomic E-state index is 4.57. The minimum atomic E-state index is -1.27. The molecule has 0 fully saturated rings. The first kappa shape index (κ1) is 23.8. The molecular formula is C23H25IrN5Si-2. The fourth-order valence-corrected chi connectivity index (χ4v) is 3.78. The van der Waals surface area contributed by atoms with Crippen LogP contribution in [0.1, 0.15) is 11.4 Å². The average molecular weight is 592 g/mol. The number of hydrogen-bond donors (Lipinski definition) is 0. The molecule has 0 aliphatic carbocycles. The fourth-order valence-electron chi connectivity index (χ4n) is 2.75. The second-order valence-electron chi connectivity index (χ2n) is 7.78. The molecule has 0 saturated carbocycles. The fraction of sp³-hybridized carbons (Fsp3) is 0.217. The van der Waals surface area contributed by atoms with Gasteiger partial charge in [0.05, 0.1) is 13.8 Å². The summed E-state index contributed by atoms with van der Waals surface area (Å²) in [4.78, 5) is 21.1. The van der Waals surface area contributed by atoms with Gasteiger partial charge in [0.15, 0.2) is 0 Å². The van der Waals surface area contributed by atoms with Crippen LogP contribution in [0.2, 0.25) is 19.6 Å². The van der Waals surface area contributed by atoms with Crippen LogP contribution in [0.4, 0.5) is 0 Å². The molecule has 7 heteroatoms. The number of aromatic nitrogens is 5. The molecule has 0 aromatic carbocycles. The van der Waals surface area contributed by atoms with Crippen molar-refractivity contribution in [1.82, 2.24) is 24.9 Å². The van der Waals surface area contributed by atoms with E-state index in [4.69, 9.17) is 0 Å². The summed E-state index contributed by atoms with van der Waals surface area (Å²) in [5.41, 5.74) is 4.76. The standard InChI is InChI=1S/C15H19N2Si.C8H6N3.Ir/c1-11-6-8-14(12(2)17-11)15-9-7-13(10-16-15)18(3,4)5;1-2-4-9-7(3-1)8-10-5-6-11-8;/h6-7,9-10H,1-5H3;1-6H;/q2*-1;. The van der Waals surface area contributed by atoms with E-state index in [0.29, 0.717) is 5.82 Å². The van der Waals surface area contributed by atoms with Crippen molar-refractivity contribution in [2.24, 2.45) is 0 Å². The smallest absolute Gasteiger partial charge is 0.0795 e. The first-order valence-electron chi connectivity index (χ1n) is 9.52. The molecule has 0 atom stereocenters. The van der Waals surface area contributed by atoms with Crippen molar-refractivity contribution in [3.63, 3.8) is 0 Å². The average Bonchev–Trinajstić information content (AvgIpc) is 3.24. The Balaban J connectivity index is 0.000000229. The van der Waals surface area contributed by atoms with Gasteiger partial charge in [-0.25, -0.2) is 0 Å². The van der Waals surface area contributed by atoms with Crippen molar-refractivity contribution in [2.75, 3.05) is 0 Å². The molecule has 0 N–H and O–H groups in total. The number of imidazole rings is 1. The first-order chi connectivity index (χ1) is 13.8. The van der Waals surface area contributed by atoms with Crippen LogP contribution < -0.4 is 10.2 Å². The van der Waals surface area contributed by atoms with Gasteiger partial charge in [0.2, 0.25) is 0 Å². The van der Waals surface area contributed by atoms with Gasteiger partial charge in [-0.15, -0.1) is 17.7 Å². The zero-order valence-electron chi connectivity index (χ0n) is 17.8. The van der Waals surface area contributed by atoms with Gasteiger partial charge in [-0.2, -0.15) is 0 Å². The van der Waals surface area contributed by atoms with E-state index in [1.165, 1.54) is 5.19 Å². The van der Waals surface area contributed by atoms with Gasteiger partial charge in [-0.3, -0.25) is 4.98 Å². The van der Waals surface area contributed by atoms with Gasteiger partial charge in [0, 0.05) is 32.5 Å². The second kappa shape index (κ2) is 10.5. The molecule has 0 amide bonds. The van der Waals surface area contributed by atoms with E-state index in [1.54, 1.807) is 18.6 Å². The summed E-state index contributed by atoms with van der Waals surface area (Å²) in [5.74, 6) is 0.686. The molecule has 0 spiro atoms.